The third-order valence-corrected chi connectivity index (χ3v) is 13.7. The summed E-state index contributed by atoms with van der Waals surface area (Å²) in [7, 11) is 7.29. The molecule has 5 saturated carbocycles. The van der Waals surface area contributed by atoms with Gasteiger partial charge in [0.2, 0.25) is 0 Å². The van der Waals surface area contributed by atoms with Gasteiger partial charge in [0.05, 0.1) is 24.4 Å². The molecule has 1 N–H and O–H groups in total. The molecule has 52 heavy (non-hydrogen) atoms. The van der Waals surface area contributed by atoms with Gasteiger partial charge in [-0.1, -0.05) is 69.2 Å². The largest absolute Gasteiger partial charge is 0.481 e. The molecule has 0 aliphatic heterocycles. The third kappa shape index (κ3) is 12.1. The van der Waals surface area contributed by atoms with Gasteiger partial charge in [-0.2, -0.15) is 0 Å². The summed E-state index contributed by atoms with van der Waals surface area (Å²) in [5, 5.41) is 8.88. The first kappa shape index (κ1) is 41.9. The van der Waals surface area contributed by atoms with Gasteiger partial charge in [-0.25, -0.2) is 0 Å². The second-order valence-corrected chi connectivity index (χ2v) is 17.0. The maximum atomic E-state index is 10.8. The molecule has 5 aliphatic rings. The van der Waals surface area contributed by atoms with Crippen LogP contribution in [0.3, 0.4) is 0 Å². The van der Waals surface area contributed by atoms with Crippen LogP contribution in [0, 0.1) is 23.7 Å². The smallest absolute Gasteiger partial charge is 0.303 e. The molecule has 5 rings (SSSR count). The van der Waals surface area contributed by atoms with Crippen LogP contribution in [0.1, 0.15) is 141 Å². The Morgan fingerprint density at radius 2 is 1.04 bits per heavy atom. The number of ether oxygens (including phenoxy) is 5. The highest BCUT2D eigenvalue weighted by atomic mass is 16.6. The highest BCUT2D eigenvalue weighted by Crippen LogP contribution is 2.40. The lowest BCUT2D eigenvalue weighted by Gasteiger charge is -2.48. The van der Waals surface area contributed by atoms with Gasteiger partial charge >= 0.3 is 5.97 Å². The Balaban J connectivity index is 1.11. The van der Waals surface area contributed by atoms with Gasteiger partial charge in [0.25, 0.3) is 0 Å². The van der Waals surface area contributed by atoms with Gasteiger partial charge in [0, 0.05) is 71.4 Å². The van der Waals surface area contributed by atoms with E-state index in [2.05, 4.69) is 29.2 Å². The molecular formula is C44H75NO7. The minimum atomic E-state index is -0.737. The van der Waals surface area contributed by atoms with Crippen LogP contribution in [0.5, 0.6) is 0 Å². The Morgan fingerprint density at radius 1 is 0.558 bits per heavy atom. The van der Waals surface area contributed by atoms with Crippen LogP contribution in [0.4, 0.5) is 0 Å². The lowest BCUT2D eigenvalue weighted by atomic mass is 9.75. The molecule has 0 saturated heterocycles. The molecule has 298 valence electrons. The summed E-state index contributed by atoms with van der Waals surface area (Å²) in [4.78, 5) is 13.9. The van der Waals surface area contributed by atoms with Crippen molar-refractivity contribution in [2.45, 2.75) is 190 Å². The third-order valence-electron chi connectivity index (χ3n) is 13.7. The van der Waals surface area contributed by atoms with E-state index in [1.54, 1.807) is 14.2 Å². The zero-order chi connectivity index (χ0) is 36.7. The molecule has 0 amide bonds. The monoisotopic (exact) mass is 730 g/mol. The van der Waals surface area contributed by atoms with Gasteiger partial charge < -0.3 is 28.8 Å². The predicted molar refractivity (Wildman–Crippen MR) is 208 cm³/mol. The lowest BCUT2D eigenvalue weighted by molar-refractivity contribution is -0.149. The average Bonchev–Trinajstić information content (AvgIpc) is 3.18. The normalized spacial score (nSPS) is 35.9. The Labute approximate surface area is 316 Å². The highest BCUT2D eigenvalue weighted by molar-refractivity contribution is 5.66. The molecule has 5 aliphatic carbocycles. The van der Waals surface area contributed by atoms with Gasteiger partial charge in [0.15, 0.2) is 0 Å². The Morgan fingerprint density at radius 3 is 1.52 bits per heavy atom. The zero-order valence-corrected chi connectivity index (χ0v) is 33.3. The van der Waals surface area contributed by atoms with Crippen molar-refractivity contribution in [2.24, 2.45) is 23.7 Å². The van der Waals surface area contributed by atoms with E-state index in [0.29, 0.717) is 36.7 Å². The topological polar surface area (TPSA) is 86.7 Å². The van der Waals surface area contributed by atoms with Crippen molar-refractivity contribution in [1.82, 2.24) is 4.90 Å². The Hall–Kier alpha value is -1.29. The number of unbranched alkanes of at least 4 members (excludes halogenated alkanes) is 2. The Kier molecular flexibility index (Phi) is 18.0. The number of carboxylic acids is 1. The molecule has 0 heterocycles. The minimum Gasteiger partial charge on any atom is -0.481 e. The van der Waals surface area contributed by atoms with E-state index >= 15 is 0 Å². The molecule has 8 nitrogen and oxygen atoms in total. The number of methoxy groups -OCH3 is 4. The molecule has 0 spiro atoms. The molecule has 5 fully saturated rings. The summed E-state index contributed by atoms with van der Waals surface area (Å²) >= 11 is 0. The fraction of sp³-hybridized carbons (Fsp3) is 0.886. The highest BCUT2D eigenvalue weighted by Gasteiger charge is 2.40. The molecular weight excluding hydrogens is 654 g/mol. The molecule has 8 heteroatoms. The molecule has 0 aromatic rings. The van der Waals surface area contributed by atoms with E-state index in [4.69, 9.17) is 28.8 Å². The van der Waals surface area contributed by atoms with Crippen LogP contribution in [0.2, 0.25) is 0 Å². The van der Waals surface area contributed by atoms with E-state index in [9.17, 15) is 4.79 Å². The van der Waals surface area contributed by atoms with E-state index in [1.807, 2.05) is 14.2 Å². The summed E-state index contributed by atoms with van der Waals surface area (Å²) in [6, 6.07) is 2.49. The van der Waals surface area contributed by atoms with Crippen molar-refractivity contribution in [1.29, 1.82) is 0 Å². The average molecular weight is 730 g/mol. The van der Waals surface area contributed by atoms with E-state index in [0.717, 1.165) is 56.7 Å². The van der Waals surface area contributed by atoms with Crippen molar-refractivity contribution in [3.63, 3.8) is 0 Å². The standard InChI is InChI=1S/C44H75NO7/c1-48-39-31-35(24-20-33-28-41(50-3)44(42(29-33)51-4)52-27-13-7-12-18-43(46)47)40(49-2)30-34(39)23-19-32-21-25-38(26-22-32)45(36-14-8-5-9-15-36)37-16-10-6-11-17-37/h19-20,23-24,32-42,44H,5-18,21-22,25-31H2,1-4H3,(H,46,47)/b23-19+,24-20+. The fourth-order valence-electron chi connectivity index (χ4n) is 10.8. The second kappa shape index (κ2) is 22.3. The van der Waals surface area contributed by atoms with E-state index in [1.165, 1.54) is 89.9 Å². The summed E-state index contributed by atoms with van der Waals surface area (Å²) in [5.74, 6) is 0.973. The number of hydrogen-bond acceptors (Lipinski definition) is 7. The SMILES string of the molecule is COC1CC(/C=C/C2CC(OC)C(OCCCCCC(=O)O)C(OC)C2)C(OC)CC1/C=C/C1CCC(N(C2CCCCC2)C2CCCCC2)CC1. The first-order chi connectivity index (χ1) is 25.4. The van der Waals surface area contributed by atoms with Gasteiger partial charge in [-0.05, 0) is 102 Å². The molecule has 6 unspecified atom stereocenters. The molecule has 0 bridgehead atoms. The van der Waals surface area contributed by atoms with Crippen LogP contribution in [0.15, 0.2) is 24.3 Å². The summed E-state index contributed by atoms with van der Waals surface area (Å²) in [5.41, 5.74) is 0. The maximum Gasteiger partial charge on any atom is 0.303 e. The summed E-state index contributed by atoms with van der Waals surface area (Å²) < 4.78 is 30.5. The minimum absolute atomic E-state index is 0.0455. The van der Waals surface area contributed by atoms with E-state index < -0.39 is 5.97 Å². The first-order valence-corrected chi connectivity index (χ1v) is 21.5. The number of rotatable bonds is 18. The summed E-state index contributed by atoms with van der Waals surface area (Å²) in [6.07, 6.45) is 36.1. The van der Waals surface area contributed by atoms with Crippen molar-refractivity contribution in [3.05, 3.63) is 24.3 Å². The quantitative estimate of drug-likeness (QED) is 0.110. The zero-order valence-electron chi connectivity index (χ0n) is 33.3. The number of nitrogens with zero attached hydrogens (tertiary/aromatic N) is 1. The number of allylic oxidation sites excluding steroid dienone is 2. The first-order valence-electron chi connectivity index (χ1n) is 21.5. The van der Waals surface area contributed by atoms with Crippen LogP contribution in [0.25, 0.3) is 0 Å². The number of carboxylic acid groups (broad SMARTS) is 1. The fourth-order valence-corrected chi connectivity index (χ4v) is 10.8. The van der Waals surface area contributed by atoms with E-state index in [-0.39, 0.29) is 36.9 Å². The maximum absolute atomic E-state index is 10.8. The molecule has 6 atom stereocenters. The van der Waals surface area contributed by atoms with Crippen molar-refractivity contribution in [3.8, 4) is 0 Å². The van der Waals surface area contributed by atoms with Crippen molar-refractivity contribution in [2.75, 3.05) is 35.0 Å². The van der Waals surface area contributed by atoms with Crippen molar-refractivity contribution < 1.29 is 33.6 Å². The second-order valence-electron chi connectivity index (χ2n) is 17.0. The van der Waals surface area contributed by atoms with Crippen LogP contribution < -0.4 is 0 Å². The lowest BCUT2D eigenvalue weighted by Crippen LogP contribution is -2.51. The molecule has 0 aromatic heterocycles. The molecule has 0 radical (unpaired) electrons. The predicted octanol–water partition coefficient (Wildman–Crippen LogP) is 9.15. The number of hydrogen-bond donors (Lipinski definition) is 1. The van der Waals surface area contributed by atoms with Gasteiger partial charge in [0.1, 0.15) is 6.10 Å². The summed E-state index contributed by atoms with van der Waals surface area (Å²) in [6.45, 7) is 0.594. The van der Waals surface area contributed by atoms with Crippen molar-refractivity contribution >= 4 is 5.97 Å². The molecule has 0 aromatic carbocycles. The van der Waals surface area contributed by atoms with Crippen LogP contribution >= 0.6 is 0 Å². The number of carbonyl (C=O) groups is 1. The van der Waals surface area contributed by atoms with Gasteiger partial charge in [-0.15, -0.1) is 0 Å². The van der Waals surface area contributed by atoms with Crippen LogP contribution in [-0.4, -0.2) is 99.7 Å². The number of aliphatic carboxylic acids is 1. The van der Waals surface area contributed by atoms with Gasteiger partial charge in [-0.3, -0.25) is 9.69 Å². The Bertz CT molecular complexity index is 1030. The van der Waals surface area contributed by atoms with Crippen LogP contribution in [-0.2, 0) is 28.5 Å².